The summed E-state index contributed by atoms with van der Waals surface area (Å²) in [4.78, 5) is 24.8. The number of anilines is 1. The molecule has 0 saturated heterocycles. The van der Waals surface area contributed by atoms with Gasteiger partial charge in [0.25, 0.3) is 0 Å². The summed E-state index contributed by atoms with van der Waals surface area (Å²) in [5.41, 5.74) is 1.75. The normalized spacial score (nSPS) is 9.88. The second-order valence-electron chi connectivity index (χ2n) is 3.90. The zero-order chi connectivity index (χ0) is 13.0. The zero-order valence-corrected chi connectivity index (χ0v) is 10.6. The molecule has 92 valence electrons. The van der Waals surface area contributed by atoms with Gasteiger partial charge in [0.05, 0.1) is 17.9 Å². The van der Waals surface area contributed by atoms with Crippen molar-refractivity contribution >= 4 is 17.4 Å². The predicted octanol–water partition coefficient (Wildman–Crippen LogP) is 2.13. The van der Waals surface area contributed by atoms with Gasteiger partial charge in [0.1, 0.15) is 0 Å². The molecular formula is C13H17NO3. The monoisotopic (exact) mass is 235 g/mol. The number of esters is 1. The van der Waals surface area contributed by atoms with Gasteiger partial charge < -0.3 is 9.64 Å². The molecule has 0 aliphatic heterocycles. The lowest BCUT2D eigenvalue weighted by atomic mass is 10.1. The molecule has 0 atom stereocenters. The SMILES string of the molecule is CCOC(=O)c1ccc(C(C)=O)cc1N(C)C. The summed E-state index contributed by atoms with van der Waals surface area (Å²) in [5.74, 6) is -0.394. The highest BCUT2D eigenvalue weighted by Gasteiger charge is 2.15. The number of rotatable bonds is 4. The van der Waals surface area contributed by atoms with Crippen molar-refractivity contribution in [3.63, 3.8) is 0 Å². The number of nitrogens with zero attached hydrogens (tertiary/aromatic N) is 1. The molecular weight excluding hydrogens is 218 g/mol. The molecule has 17 heavy (non-hydrogen) atoms. The van der Waals surface area contributed by atoms with E-state index in [4.69, 9.17) is 4.74 Å². The van der Waals surface area contributed by atoms with Crippen LogP contribution in [0.2, 0.25) is 0 Å². The van der Waals surface area contributed by atoms with Gasteiger partial charge in [-0.25, -0.2) is 4.79 Å². The Kier molecular flexibility index (Phi) is 4.26. The van der Waals surface area contributed by atoms with Crippen LogP contribution < -0.4 is 4.90 Å². The van der Waals surface area contributed by atoms with Crippen molar-refractivity contribution in [2.75, 3.05) is 25.6 Å². The molecule has 1 aromatic rings. The fraction of sp³-hybridized carbons (Fsp3) is 0.385. The Hall–Kier alpha value is -1.84. The molecule has 0 aliphatic rings. The summed E-state index contributed by atoms with van der Waals surface area (Å²) in [7, 11) is 3.64. The molecule has 0 spiro atoms. The van der Waals surface area contributed by atoms with Gasteiger partial charge in [-0.05, 0) is 26.0 Å². The predicted molar refractivity (Wildman–Crippen MR) is 66.7 cm³/mol. The van der Waals surface area contributed by atoms with E-state index in [2.05, 4.69) is 0 Å². The van der Waals surface area contributed by atoms with E-state index in [0.717, 1.165) is 0 Å². The van der Waals surface area contributed by atoms with Gasteiger partial charge >= 0.3 is 5.97 Å². The van der Waals surface area contributed by atoms with Crippen LogP contribution in [0.3, 0.4) is 0 Å². The van der Waals surface area contributed by atoms with Gasteiger partial charge in [0, 0.05) is 19.7 Å². The molecule has 0 unspecified atom stereocenters. The Bertz CT molecular complexity index is 438. The van der Waals surface area contributed by atoms with Gasteiger partial charge in [-0.3, -0.25) is 4.79 Å². The molecule has 1 aromatic carbocycles. The lowest BCUT2D eigenvalue weighted by Crippen LogP contribution is -2.16. The maximum atomic E-state index is 11.7. The summed E-state index contributed by atoms with van der Waals surface area (Å²) < 4.78 is 4.97. The number of ether oxygens (including phenoxy) is 1. The Morgan fingerprint density at radius 1 is 1.29 bits per heavy atom. The number of Topliss-reactive ketones (excluding diaryl/α,β-unsaturated/α-hetero) is 1. The highest BCUT2D eigenvalue weighted by atomic mass is 16.5. The van der Waals surface area contributed by atoms with Crippen LogP contribution in [0.25, 0.3) is 0 Å². The van der Waals surface area contributed by atoms with Crippen molar-refractivity contribution in [1.29, 1.82) is 0 Å². The molecule has 1 rings (SSSR count). The van der Waals surface area contributed by atoms with Crippen molar-refractivity contribution in [1.82, 2.24) is 0 Å². The number of hydrogen-bond donors (Lipinski definition) is 0. The highest BCUT2D eigenvalue weighted by molar-refractivity contribution is 6.00. The lowest BCUT2D eigenvalue weighted by Gasteiger charge is -2.17. The van der Waals surface area contributed by atoms with Gasteiger partial charge in [-0.1, -0.05) is 6.07 Å². The second kappa shape index (κ2) is 5.48. The number of benzene rings is 1. The maximum absolute atomic E-state index is 11.7. The number of ketones is 1. The van der Waals surface area contributed by atoms with E-state index in [1.54, 1.807) is 30.0 Å². The first-order valence-electron chi connectivity index (χ1n) is 5.46. The van der Waals surface area contributed by atoms with E-state index in [-0.39, 0.29) is 11.8 Å². The zero-order valence-electron chi connectivity index (χ0n) is 10.6. The minimum absolute atomic E-state index is 0.0245. The first kappa shape index (κ1) is 13.2. The smallest absolute Gasteiger partial charge is 0.340 e. The minimum atomic E-state index is -0.369. The van der Waals surface area contributed by atoms with E-state index < -0.39 is 0 Å². The standard InChI is InChI=1S/C13H17NO3/c1-5-17-13(16)11-7-6-10(9(2)15)8-12(11)14(3)4/h6-8H,5H2,1-4H3. The van der Waals surface area contributed by atoms with Gasteiger partial charge in [-0.2, -0.15) is 0 Å². The van der Waals surface area contributed by atoms with Crippen molar-refractivity contribution < 1.29 is 14.3 Å². The lowest BCUT2D eigenvalue weighted by molar-refractivity contribution is 0.0527. The number of carbonyl (C=O) groups excluding carboxylic acids is 2. The van der Waals surface area contributed by atoms with Crippen LogP contribution in [0.5, 0.6) is 0 Å². The third kappa shape index (κ3) is 3.06. The summed E-state index contributed by atoms with van der Waals surface area (Å²) in [6, 6.07) is 4.97. The third-order valence-corrected chi connectivity index (χ3v) is 2.38. The Balaban J connectivity index is 3.22. The van der Waals surface area contributed by atoms with Crippen molar-refractivity contribution in [2.45, 2.75) is 13.8 Å². The molecule has 0 N–H and O–H groups in total. The van der Waals surface area contributed by atoms with E-state index in [1.165, 1.54) is 6.92 Å². The molecule has 4 heteroatoms. The molecule has 0 bridgehead atoms. The maximum Gasteiger partial charge on any atom is 0.340 e. The first-order valence-corrected chi connectivity index (χ1v) is 5.46. The van der Waals surface area contributed by atoms with E-state index >= 15 is 0 Å². The molecule has 0 amide bonds. The average molecular weight is 235 g/mol. The molecule has 0 heterocycles. The quantitative estimate of drug-likeness (QED) is 0.592. The van der Waals surface area contributed by atoms with Crippen molar-refractivity contribution in [2.24, 2.45) is 0 Å². The van der Waals surface area contributed by atoms with Crippen molar-refractivity contribution in [3.8, 4) is 0 Å². The van der Waals surface area contributed by atoms with Crippen LogP contribution in [0, 0.1) is 0 Å². The summed E-state index contributed by atoms with van der Waals surface area (Å²) in [6.07, 6.45) is 0. The summed E-state index contributed by atoms with van der Waals surface area (Å²) in [5, 5.41) is 0. The second-order valence-corrected chi connectivity index (χ2v) is 3.90. The average Bonchev–Trinajstić information content (AvgIpc) is 2.28. The van der Waals surface area contributed by atoms with Crippen molar-refractivity contribution in [3.05, 3.63) is 29.3 Å². The largest absolute Gasteiger partial charge is 0.462 e. The fourth-order valence-electron chi connectivity index (χ4n) is 1.50. The summed E-state index contributed by atoms with van der Waals surface area (Å²) in [6.45, 7) is 3.59. The first-order chi connectivity index (χ1) is 7.97. The Morgan fingerprint density at radius 3 is 2.41 bits per heavy atom. The molecule has 0 aliphatic carbocycles. The van der Waals surface area contributed by atoms with Crippen LogP contribution in [0.1, 0.15) is 34.6 Å². The van der Waals surface area contributed by atoms with E-state index in [0.29, 0.717) is 23.4 Å². The Morgan fingerprint density at radius 2 is 1.94 bits per heavy atom. The van der Waals surface area contributed by atoms with Crippen LogP contribution in [0.4, 0.5) is 5.69 Å². The summed E-state index contributed by atoms with van der Waals surface area (Å²) >= 11 is 0. The number of hydrogen-bond acceptors (Lipinski definition) is 4. The third-order valence-electron chi connectivity index (χ3n) is 2.38. The van der Waals surface area contributed by atoms with E-state index in [1.807, 2.05) is 14.1 Å². The number of carbonyl (C=O) groups is 2. The fourth-order valence-corrected chi connectivity index (χ4v) is 1.50. The van der Waals surface area contributed by atoms with Crippen LogP contribution in [-0.2, 0) is 4.74 Å². The molecule has 4 nitrogen and oxygen atoms in total. The van der Waals surface area contributed by atoms with Crippen LogP contribution in [0.15, 0.2) is 18.2 Å². The molecule has 0 fully saturated rings. The highest BCUT2D eigenvalue weighted by Crippen LogP contribution is 2.21. The van der Waals surface area contributed by atoms with Crippen LogP contribution in [-0.4, -0.2) is 32.5 Å². The van der Waals surface area contributed by atoms with E-state index in [9.17, 15) is 9.59 Å². The topological polar surface area (TPSA) is 46.6 Å². The molecule has 0 radical (unpaired) electrons. The van der Waals surface area contributed by atoms with Crippen LogP contribution >= 0.6 is 0 Å². The van der Waals surface area contributed by atoms with Gasteiger partial charge in [-0.15, -0.1) is 0 Å². The molecule has 0 saturated carbocycles. The van der Waals surface area contributed by atoms with Gasteiger partial charge in [0.15, 0.2) is 5.78 Å². The Labute approximate surface area is 101 Å². The minimum Gasteiger partial charge on any atom is -0.462 e. The molecule has 0 aromatic heterocycles. The van der Waals surface area contributed by atoms with Gasteiger partial charge in [0.2, 0.25) is 0 Å².